The van der Waals surface area contributed by atoms with E-state index in [1.807, 2.05) is 12.3 Å². The van der Waals surface area contributed by atoms with E-state index in [4.69, 9.17) is 5.73 Å². The number of rotatable bonds is 3. The summed E-state index contributed by atoms with van der Waals surface area (Å²) in [4.78, 5) is 3.14. The molecule has 1 unspecified atom stereocenters. The highest BCUT2D eigenvalue weighted by Gasteiger charge is 2.11. The van der Waals surface area contributed by atoms with E-state index >= 15 is 0 Å². The number of fused-ring (bicyclic) bond motifs is 1. The third-order valence-electron chi connectivity index (χ3n) is 2.77. The van der Waals surface area contributed by atoms with Gasteiger partial charge in [0.2, 0.25) is 0 Å². The number of aliphatic hydroxyl groups excluding tert-OH is 1. The average molecular weight is 204 g/mol. The molecule has 3 heteroatoms. The van der Waals surface area contributed by atoms with E-state index in [9.17, 15) is 5.11 Å². The summed E-state index contributed by atoms with van der Waals surface area (Å²) in [5.41, 5.74) is 8.67. The Morgan fingerprint density at radius 2 is 2.27 bits per heavy atom. The van der Waals surface area contributed by atoms with Gasteiger partial charge >= 0.3 is 0 Å². The molecular weight excluding hydrogens is 188 g/mol. The molecule has 0 aliphatic carbocycles. The molecule has 4 N–H and O–H groups in total. The van der Waals surface area contributed by atoms with Crippen molar-refractivity contribution in [2.24, 2.45) is 5.73 Å². The lowest BCUT2D eigenvalue weighted by atomic mass is 10.0. The number of aromatic nitrogens is 1. The molecule has 1 aromatic carbocycles. The van der Waals surface area contributed by atoms with Crippen molar-refractivity contribution in [1.82, 2.24) is 4.98 Å². The molecule has 0 aliphatic heterocycles. The van der Waals surface area contributed by atoms with Crippen molar-refractivity contribution in [3.63, 3.8) is 0 Å². The minimum atomic E-state index is -0.578. The Kier molecular flexibility index (Phi) is 2.75. The first-order valence-corrected chi connectivity index (χ1v) is 5.24. The Hall–Kier alpha value is -1.32. The summed E-state index contributed by atoms with van der Waals surface area (Å²) < 4.78 is 0. The second-order valence-electron chi connectivity index (χ2n) is 3.73. The fourth-order valence-corrected chi connectivity index (χ4v) is 1.81. The van der Waals surface area contributed by atoms with Crippen LogP contribution in [0, 0.1) is 0 Å². The zero-order chi connectivity index (χ0) is 10.8. The Morgan fingerprint density at radius 1 is 1.47 bits per heavy atom. The molecule has 2 rings (SSSR count). The zero-order valence-electron chi connectivity index (χ0n) is 8.83. The number of nitrogens with one attached hydrogen (secondary N) is 1. The molecule has 1 atom stereocenters. The molecule has 15 heavy (non-hydrogen) atoms. The maximum atomic E-state index is 9.73. The summed E-state index contributed by atoms with van der Waals surface area (Å²) >= 11 is 0. The van der Waals surface area contributed by atoms with Gasteiger partial charge < -0.3 is 15.8 Å². The highest BCUT2D eigenvalue weighted by atomic mass is 16.3. The minimum absolute atomic E-state index is 0.253. The van der Waals surface area contributed by atoms with Gasteiger partial charge in [-0.1, -0.05) is 13.0 Å². The van der Waals surface area contributed by atoms with Crippen molar-refractivity contribution in [2.75, 3.05) is 6.54 Å². The van der Waals surface area contributed by atoms with Crippen molar-refractivity contribution in [1.29, 1.82) is 0 Å². The van der Waals surface area contributed by atoms with Crippen LogP contribution >= 0.6 is 0 Å². The van der Waals surface area contributed by atoms with E-state index in [1.54, 1.807) is 0 Å². The van der Waals surface area contributed by atoms with Gasteiger partial charge in [-0.2, -0.15) is 0 Å². The molecule has 0 saturated heterocycles. The van der Waals surface area contributed by atoms with Crippen molar-refractivity contribution < 1.29 is 5.11 Å². The fourth-order valence-electron chi connectivity index (χ4n) is 1.81. The molecule has 0 saturated carbocycles. The summed E-state index contributed by atoms with van der Waals surface area (Å²) in [7, 11) is 0. The van der Waals surface area contributed by atoms with E-state index in [1.165, 1.54) is 5.56 Å². The molecule has 0 spiro atoms. The Morgan fingerprint density at radius 3 is 2.93 bits per heavy atom. The van der Waals surface area contributed by atoms with Gasteiger partial charge in [0, 0.05) is 29.2 Å². The molecule has 0 radical (unpaired) electrons. The molecule has 2 aromatic rings. The maximum absolute atomic E-state index is 9.73. The van der Waals surface area contributed by atoms with E-state index in [2.05, 4.69) is 24.0 Å². The molecule has 1 heterocycles. The quantitative estimate of drug-likeness (QED) is 0.713. The number of aryl methyl sites for hydroxylation is 1. The Bertz CT molecular complexity index is 462. The van der Waals surface area contributed by atoms with Gasteiger partial charge in [0.15, 0.2) is 0 Å². The third-order valence-corrected chi connectivity index (χ3v) is 2.77. The topological polar surface area (TPSA) is 62.0 Å². The van der Waals surface area contributed by atoms with Gasteiger partial charge in [0.25, 0.3) is 0 Å². The zero-order valence-corrected chi connectivity index (χ0v) is 8.83. The van der Waals surface area contributed by atoms with E-state index < -0.39 is 6.10 Å². The predicted molar refractivity (Wildman–Crippen MR) is 61.7 cm³/mol. The molecule has 0 amide bonds. The van der Waals surface area contributed by atoms with Gasteiger partial charge in [-0.05, 0) is 24.1 Å². The summed E-state index contributed by atoms with van der Waals surface area (Å²) in [6.45, 7) is 2.37. The monoisotopic (exact) mass is 204 g/mol. The fraction of sp³-hybridized carbons (Fsp3) is 0.333. The highest BCUT2D eigenvalue weighted by molar-refractivity contribution is 5.84. The SMILES string of the molecule is CCc1ccc2[nH]cc(C(O)CN)c2c1. The molecule has 0 bridgehead atoms. The predicted octanol–water partition coefficient (Wildman–Crippen LogP) is 1.72. The van der Waals surface area contributed by atoms with Crippen LogP contribution in [0.1, 0.15) is 24.2 Å². The first-order valence-electron chi connectivity index (χ1n) is 5.24. The Balaban J connectivity index is 2.56. The van der Waals surface area contributed by atoms with Crippen molar-refractivity contribution in [2.45, 2.75) is 19.4 Å². The van der Waals surface area contributed by atoms with Crippen LogP contribution in [-0.2, 0) is 6.42 Å². The summed E-state index contributed by atoms with van der Waals surface area (Å²) in [5, 5.41) is 10.8. The van der Waals surface area contributed by atoms with Crippen LogP contribution in [-0.4, -0.2) is 16.6 Å². The van der Waals surface area contributed by atoms with Gasteiger partial charge in [-0.25, -0.2) is 0 Å². The van der Waals surface area contributed by atoms with Crippen LogP contribution in [0.5, 0.6) is 0 Å². The highest BCUT2D eigenvalue weighted by Crippen LogP contribution is 2.24. The summed E-state index contributed by atoms with van der Waals surface area (Å²) in [5.74, 6) is 0. The van der Waals surface area contributed by atoms with Gasteiger partial charge in [0.1, 0.15) is 0 Å². The van der Waals surface area contributed by atoms with Gasteiger partial charge in [-0.3, -0.25) is 0 Å². The second kappa shape index (κ2) is 4.04. The van der Waals surface area contributed by atoms with E-state index in [-0.39, 0.29) is 6.54 Å². The van der Waals surface area contributed by atoms with Crippen LogP contribution < -0.4 is 5.73 Å². The number of nitrogens with two attached hydrogens (primary N) is 1. The van der Waals surface area contributed by atoms with E-state index in [0.29, 0.717) is 0 Å². The number of aromatic amines is 1. The lowest BCUT2D eigenvalue weighted by molar-refractivity contribution is 0.188. The number of benzene rings is 1. The molecule has 0 aliphatic rings. The second-order valence-corrected chi connectivity index (χ2v) is 3.73. The van der Waals surface area contributed by atoms with Crippen LogP contribution in [0.25, 0.3) is 10.9 Å². The van der Waals surface area contributed by atoms with Crippen LogP contribution in [0.15, 0.2) is 24.4 Å². The largest absolute Gasteiger partial charge is 0.387 e. The molecule has 3 nitrogen and oxygen atoms in total. The number of aliphatic hydroxyl groups is 1. The standard InChI is InChI=1S/C12H16N2O/c1-2-8-3-4-11-9(5-8)10(7-14-11)12(15)6-13/h3-5,7,12,14-15H,2,6,13H2,1H3. The van der Waals surface area contributed by atoms with Crippen molar-refractivity contribution >= 4 is 10.9 Å². The number of H-pyrrole nitrogens is 1. The third kappa shape index (κ3) is 1.76. The number of hydrogen-bond acceptors (Lipinski definition) is 2. The average Bonchev–Trinajstić information content (AvgIpc) is 2.70. The minimum Gasteiger partial charge on any atom is -0.387 e. The lowest BCUT2D eigenvalue weighted by Gasteiger charge is -2.06. The molecule has 0 fully saturated rings. The van der Waals surface area contributed by atoms with Crippen LogP contribution in [0.4, 0.5) is 0 Å². The Labute approximate surface area is 88.9 Å². The normalized spacial score (nSPS) is 13.3. The first kappa shape index (κ1) is 10.2. The molecule has 80 valence electrons. The smallest absolute Gasteiger partial charge is 0.0932 e. The van der Waals surface area contributed by atoms with Crippen molar-refractivity contribution in [3.8, 4) is 0 Å². The van der Waals surface area contributed by atoms with Crippen LogP contribution in [0.2, 0.25) is 0 Å². The molecular formula is C12H16N2O. The van der Waals surface area contributed by atoms with E-state index in [0.717, 1.165) is 22.9 Å². The lowest BCUT2D eigenvalue weighted by Crippen LogP contribution is -2.10. The van der Waals surface area contributed by atoms with Crippen molar-refractivity contribution in [3.05, 3.63) is 35.5 Å². The maximum Gasteiger partial charge on any atom is 0.0932 e. The van der Waals surface area contributed by atoms with Gasteiger partial charge in [0.05, 0.1) is 6.10 Å². The molecule has 1 aromatic heterocycles. The van der Waals surface area contributed by atoms with Crippen LogP contribution in [0.3, 0.4) is 0 Å². The summed E-state index contributed by atoms with van der Waals surface area (Å²) in [6.07, 6.45) is 2.26. The number of hydrogen-bond donors (Lipinski definition) is 3. The van der Waals surface area contributed by atoms with Gasteiger partial charge in [-0.15, -0.1) is 0 Å². The summed E-state index contributed by atoms with van der Waals surface area (Å²) in [6, 6.07) is 6.25. The first-order chi connectivity index (χ1) is 7.26.